The molecule has 9 nitrogen and oxygen atoms in total. The lowest BCUT2D eigenvalue weighted by molar-refractivity contribution is -0.0287. The third kappa shape index (κ3) is 4.44. The molecule has 2 aliphatic carbocycles. The van der Waals surface area contributed by atoms with E-state index in [1.165, 1.54) is 6.07 Å². The van der Waals surface area contributed by atoms with Gasteiger partial charge in [-0.15, -0.1) is 0 Å². The van der Waals surface area contributed by atoms with E-state index >= 15 is 0 Å². The molecule has 1 amide bonds. The first-order valence-corrected chi connectivity index (χ1v) is 13.6. The normalized spacial score (nSPS) is 22.1. The fourth-order valence-electron chi connectivity index (χ4n) is 5.89. The largest absolute Gasteiger partial charge is 0.474 e. The van der Waals surface area contributed by atoms with Crippen molar-refractivity contribution in [3.63, 3.8) is 0 Å². The summed E-state index contributed by atoms with van der Waals surface area (Å²) in [6.45, 7) is 4.95. The number of benzene rings is 1. The fraction of sp³-hybridized carbons (Fsp3) is 0.367. The Hall–Kier alpha value is -4.25. The van der Waals surface area contributed by atoms with E-state index in [0.29, 0.717) is 47.4 Å². The van der Waals surface area contributed by atoms with Crippen molar-refractivity contribution < 1.29 is 18.3 Å². The van der Waals surface area contributed by atoms with Crippen LogP contribution in [0.2, 0.25) is 0 Å². The second-order valence-electron chi connectivity index (χ2n) is 11.8. The summed E-state index contributed by atoms with van der Waals surface area (Å²) in [5, 5.41) is 4.42. The van der Waals surface area contributed by atoms with Crippen LogP contribution in [-0.2, 0) is 24.9 Å². The number of hydrogen-bond acceptors (Lipinski definition) is 7. The third-order valence-electron chi connectivity index (χ3n) is 8.31. The van der Waals surface area contributed by atoms with E-state index in [-0.39, 0.29) is 35.8 Å². The highest BCUT2D eigenvalue weighted by atomic mass is 19.3. The first-order valence-electron chi connectivity index (χ1n) is 13.6. The highest BCUT2D eigenvalue weighted by Gasteiger charge is 2.59. The fourth-order valence-corrected chi connectivity index (χ4v) is 5.89. The molecule has 4 aromatic rings. The van der Waals surface area contributed by atoms with Crippen LogP contribution in [0.5, 0.6) is 5.88 Å². The molecule has 210 valence electrons. The molecule has 2 fully saturated rings. The number of alkyl halides is 2. The minimum atomic E-state index is -2.76. The smallest absolute Gasteiger partial charge is 0.277 e. The SMILES string of the molecule is Cn1nc(-c2ncccn2)cc1C(=O)N1CC2C(C1)C2Oc1cc(C(C)(C)N)cc(-c2ccc3c(c2)CC3(F)F)n1. The molecule has 41 heavy (non-hydrogen) atoms. The Bertz CT molecular complexity index is 1670. The number of aryl methyl sites for hydroxylation is 1. The van der Waals surface area contributed by atoms with E-state index < -0.39 is 11.5 Å². The number of fused-ring (bicyclic) bond motifs is 2. The number of likely N-dealkylation sites (tertiary alicyclic amines) is 1. The number of hydrogen-bond donors (Lipinski definition) is 1. The summed E-state index contributed by atoms with van der Waals surface area (Å²) in [5.41, 5.74) is 9.73. The number of pyridine rings is 1. The molecule has 3 aromatic heterocycles. The molecule has 7 rings (SSSR count). The monoisotopic (exact) mass is 557 g/mol. The zero-order valence-corrected chi connectivity index (χ0v) is 22.9. The van der Waals surface area contributed by atoms with Crippen molar-refractivity contribution in [1.82, 2.24) is 29.6 Å². The number of carbonyl (C=O) groups excluding carboxylic acids is 1. The second kappa shape index (κ2) is 8.87. The second-order valence-corrected chi connectivity index (χ2v) is 11.8. The number of ether oxygens (including phenoxy) is 1. The number of piperidine rings is 1. The number of amides is 1. The maximum Gasteiger partial charge on any atom is 0.277 e. The van der Waals surface area contributed by atoms with Crippen LogP contribution in [0.15, 0.2) is 54.9 Å². The molecule has 1 saturated heterocycles. The molecule has 4 heterocycles. The molecular weight excluding hydrogens is 528 g/mol. The minimum absolute atomic E-state index is 0.0640. The van der Waals surface area contributed by atoms with Gasteiger partial charge < -0.3 is 15.4 Å². The van der Waals surface area contributed by atoms with E-state index in [1.807, 2.05) is 30.9 Å². The van der Waals surface area contributed by atoms with Crippen molar-refractivity contribution in [2.75, 3.05) is 13.1 Å². The van der Waals surface area contributed by atoms with Gasteiger partial charge in [-0.2, -0.15) is 5.10 Å². The quantitative estimate of drug-likeness (QED) is 0.382. The van der Waals surface area contributed by atoms with Gasteiger partial charge in [-0.1, -0.05) is 12.1 Å². The van der Waals surface area contributed by atoms with Crippen molar-refractivity contribution in [2.45, 2.75) is 37.8 Å². The van der Waals surface area contributed by atoms with Gasteiger partial charge in [0.1, 0.15) is 17.5 Å². The van der Waals surface area contributed by atoms with Crippen LogP contribution in [0.25, 0.3) is 22.8 Å². The maximum absolute atomic E-state index is 13.8. The first-order chi connectivity index (χ1) is 19.5. The molecule has 1 aromatic carbocycles. The number of rotatable bonds is 6. The Morgan fingerprint density at radius 2 is 1.80 bits per heavy atom. The van der Waals surface area contributed by atoms with Crippen LogP contribution in [0.1, 0.15) is 41.0 Å². The van der Waals surface area contributed by atoms with Crippen LogP contribution < -0.4 is 10.5 Å². The molecule has 11 heteroatoms. The standard InChI is InChI=1S/C30H29F2N7O2/c1-29(2,33)18-10-22(16-5-6-21-17(9-16)13-30(21,31)32)36-25(11-18)41-26-19-14-39(15-20(19)26)28(40)24-12-23(37-38(24)3)27-34-7-4-8-35-27/h4-12,19-20,26H,13-15,33H2,1-3H3. The molecule has 2 atom stereocenters. The predicted octanol–water partition coefficient (Wildman–Crippen LogP) is 3.93. The van der Waals surface area contributed by atoms with Crippen molar-refractivity contribution >= 4 is 5.91 Å². The van der Waals surface area contributed by atoms with Crippen molar-refractivity contribution in [1.29, 1.82) is 0 Å². The van der Waals surface area contributed by atoms with Gasteiger partial charge in [0.05, 0.1) is 5.69 Å². The molecular formula is C30H29F2N7O2. The summed E-state index contributed by atoms with van der Waals surface area (Å²) in [6.07, 6.45) is 2.95. The molecule has 0 spiro atoms. The molecule has 0 bridgehead atoms. The lowest BCUT2D eigenvalue weighted by Gasteiger charge is -2.30. The summed E-state index contributed by atoms with van der Waals surface area (Å²) in [6, 6.07) is 12.1. The van der Waals surface area contributed by atoms with E-state index in [2.05, 4.69) is 15.1 Å². The highest BCUT2D eigenvalue weighted by molar-refractivity contribution is 5.94. The Kier molecular flexibility index (Phi) is 5.56. The molecule has 2 unspecified atom stereocenters. The van der Waals surface area contributed by atoms with E-state index in [1.54, 1.807) is 48.4 Å². The van der Waals surface area contributed by atoms with Gasteiger partial charge in [0.25, 0.3) is 11.8 Å². The molecule has 2 N–H and O–H groups in total. The zero-order chi connectivity index (χ0) is 28.7. The molecule has 0 radical (unpaired) electrons. The summed E-state index contributed by atoms with van der Waals surface area (Å²) in [4.78, 5) is 28.3. The topological polar surface area (TPSA) is 112 Å². The molecule has 3 aliphatic rings. The molecule has 1 aliphatic heterocycles. The van der Waals surface area contributed by atoms with Gasteiger partial charge in [0, 0.05) is 79.6 Å². The van der Waals surface area contributed by atoms with Gasteiger partial charge in [-0.05, 0) is 43.2 Å². The van der Waals surface area contributed by atoms with Gasteiger partial charge in [-0.25, -0.2) is 23.7 Å². The number of nitrogens with two attached hydrogens (primary N) is 1. The van der Waals surface area contributed by atoms with Gasteiger partial charge in [-0.3, -0.25) is 9.48 Å². The Balaban J connectivity index is 1.06. The number of nitrogens with zero attached hydrogens (tertiary/aromatic N) is 6. The van der Waals surface area contributed by atoms with Gasteiger partial charge in [0.15, 0.2) is 5.82 Å². The van der Waals surface area contributed by atoms with E-state index in [0.717, 1.165) is 11.1 Å². The number of carbonyl (C=O) groups is 1. The Morgan fingerprint density at radius 3 is 2.46 bits per heavy atom. The zero-order valence-electron chi connectivity index (χ0n) is 22.9. The third-order valence-corrected chi connectivity index (χ3v) is 8.31. The van der Waals surface area contributed by atoms with Gasteiger partial charge >= 0.3 is 0 Å². The summed E-state index contributed by atoms with van der Waals surface area (Å²) in [5.74, 6) is -1.54. The first kappa shape index (κ1) is 25.7. The highest BCUT2D eigenvalue weighted by Crippen LogP contribution is 2.49. The van der Waals surface area contributed by atoms with E-state index in [9.17, 15) is 13.6 Å². The average molecular weight is 558 g/mol. The van der Waals surface area contributed by atoms with Crippen LogP contribution in [0.3, 0.4) is 0 Å². The number of halogens is 2. The number of aromatic nitrogens is 5. The maximum atomic E-state index is 13.8. The average Bonchev–Trinajstić information content (AvgIpc) is 3.25. The lowest BCUT2D eigenvalue weighted by atomic mass is 9.83. The van der Waals surface area contributed by atoms with Crippen molar-refractivity contribution in [3.05, 3.63) is 77.2 Å². The van der Waals surface area contributed by atoms with E-state index in [4.69, 9.17) is 15.5 Å². The van der Waals surface area contributed by atoms with Crippen LogP contribution in [0.4, 0.5) is 8.78 Å². The minimum Gasteiger partial charge on any atom is -0.474 e. The summed E-state index contributed by atoms with van der Waals surface area (Å²) in [7, 11) is 1.74. The van der Waals surface area contributed by atoms with Crippen LogP contribution in [0, 0.1) is 11.8 Å². The van der Waals surface area contributed by atoms with Crippen LogP contribution >= 0.6 is 0 Å². The van der Waals surface area contributed by atoms with Gasteiger partial charge in [0.2, 0.25) is 5.88 Å². The lowest BCUT2D eigenvalue weighted by Crippen LogP contribution is -2.34. The Labute approximate surface area is 235 Å². The molecule has 1 saturated carbocycles. The predicted molar refractivity (Wildman–Crippen MR) is 146 cm³/mol. The van der Waals surface area contributed by atoms with Crippen molar-refractivity contribution in [2.24, 2.45) is 24.6 Å². The van der Waals surface area contributed by atoms with Crippen molar-refractivity contribution in [3.8, 4) is 28.7 Å². The summed E-state index contributed by atoms with van der Waals surface area (Å²) >= 11 is 0. The Morgan fingerprint density at radius 1 is 1.07 bits per heavy atom. The summed E-state index contributed by atoms with van der Waals surface area (Å²) < 4.78 is 35.5. The van der Waals surface area contributed by atoms with Crippen LogP contribution in [-0.4, -0.2) is 54.7 Å².